The Labute approximate surface area is 63.0 Å². The monoisotopic (exact) mass is 140 g/mol. The first kappa shape index (κ1) is 9.40. The molecule has 0 amide bonds. The summed E-state index contributed by atoms with van der Waals surface area (Å²) in [5, 5.41) is 1.76. The van der Waals surface area contributed by atoms with Gasteiger partial charge in [-0.3, -0.25) is 5.84 Å². The molecule has 2 N–H and O–H groups in total. The van der Waals surface area contributed by atoms with Crippen molar-refractivity contribution in [3.63, 3.8) is 0 Å². The predicted molar refractivity (Wildman–Crippen MR) is 45.4 cm³/mol. The Hall–Kier alpha value is -0.600. The van der Waals surface area contributed by atoms with E-state index in [2.05, 4.69) is 13.2 Å². The second-order valence-electron chi connectivity index (χ2n) is 2.24. The third-order valence-electron chi connectivity index (χ3n) is 1.41. The van der Waals surface area contributed by atoms with E-state index in [4.69, 9.17) is 5.84 Å². The fourth-order valence-corrected chi connectivity index (χ4v) is 0.547. The van der Waals surface area contributed by atoms with Crippen LogP contribution in [0.3, 0.4) is 0 Å². The molecular weight excluding hydrogens is 124 g/mol. The van der Waals surface area contributed by atoms with E-state index in [1.807, 2.05) is 6.92 Å². The largest absolute Gasteiger partial charge is 0.269 e. The SMILES string of the molecule is C=CC(=C)CCN(N)CC. The van der Waals surface area contributed by atoms with Gasteiger partial charge in [0, 0.05) is 13.1 Å². The quantitative estimate of drug-likeness (QED) is 0.354. The molecule has 0 saturated carbocycles. The zero-order valence-electron chi connectivity index (χ0n) is 6.64. The Morgan fingerprint density at radius 3 is 2.70 bits per heavy atom. The fourth-order valence-electron chi connectivity index (χ4n) is 0.547. The molecule has 58 valence electrons. The molecule has 0 saturated heterocycles. The van der Waals surface area contributed by atoms with Gasteiger partial charge in [0.05, 0.1) is 0 Å². The normalized spacial score (nSPS) is 9.90. The molecule has 0 atom stereocenters. The number of allylic oxidation sites excluding steroid dienone is 1. The molecule has 0 aromatic rings. The van der Waals surface area contributed by atoms with Crippen molar-refractivity contribution in [2.24, 2.45) is 5.84 Å². The van der Waals surface area contributed by atoms with Gasteiger partial charge in [0.1, 0.15) is 0 Å². The van der Waals surface area contributed by atoms with E-state index in [9.17, 15) is 0 Å². The standard InChI is InChI=1S/C8H16N2/c1-4-8(3)6-7-10(9)5-2/h4H,1,3,5-7,9H2,2H3. The van der Waals surface area contributed by atoms with E-state index >= 15 is 0 Å². The highest BCUT2D eigenvalue weighted by molar-refractivity contribution is 5.10. The van der Waals surface area contributed by atoms with Crippen LogP contribution in [0.25, 0.3) is 0 Å². The molecule has 0 unspecified atom stereocenters. The van der Waals surface area contributed by atoms with Gasteiger partial charge >= 0.3 is 0 Å². The molecule has 0 aromatic heterocycles. The van der Waals surface area contributed by atoms with E-state index in [0.29, 0.717) is 0 Å². The van der Waals surface area contributed by atoms with Crippen molar-refractivity contribution in [1.29, 1.82) is 0 Å². The highest BCUT2D eigenvalue weighted by Crippen LogP contribution is 1.97. The van der Waals surface area contributed by atoms with E-state index in [0.717, 1.165) is 25.1 Å². The number of hydrazine groups is 1. The number of nitrogens with zero attached hydrogens (tertiary/aromatic N) is 1. The third-order valence-corrected chi connectivity index (χ3v) is 1.41. The van der Waals surface area contributed by atoms with Crippen molar-refractivity contribution in [2.75, 3.05) is 13.1 Å². The average Bonchev–Trinajstić information content (AvgIpc) is 1.99. The molecule has 10 heavy (non-hydrogen) atoms. The van der Waals surface area contributed by atoms with Crippen LogP contribution >= 0.6 is 0 Å². The van der Waals surface area contributed by atoms with Crippen molar-refractivity contribution in [3.8, 4) is 0 Å². The summed E-state index contributed by atoms with van der Waals surface area (Å²) in [5.41, 5.74) is 1.05. The Kier molecular flexibility index (Phi) is 4.89. The Morgan fingerprint density at radius 1 is 1.70 bits per heavy atom. The van der Waals surface area contributed by atoms with Crippen molar-refractivity contribution in [3.05, 3.63) is 24.8 Å². The van der Waals surface area contributed by atoms with Crippen molar-refractivity contribution >= 4 is 0 Å². The van der Waals surface area contributed by atoms with Crippen LogP contribution in [0.15, 0.2) is 24.8 Å². The summed E-state index contributed by atoms with van der Waals surface area (Å²) in [5.74, 6) is 5.53. The minimum Gasteiger partial charge on any atom is -0.269 e. The molecule has 2 heteroatoms. The molecule has 2 nitrogen and oxygen atoms in total. The van der Waals surface area contributed by atoms with Crippen LogP contribution in [0.1, 0.15) is 13.3 Å². The molecule has 0 aliphatic carbocycles. The lowest BCUT2D eigenvalue weighted by atomic mass is 10.2. The van der Waals surface area contributed by atoms with Gasteiger partial charge in [0.25, 0.3) is 0 Å². The molecule has 0 spiro atoms. The molecule has 0 aromatic carbocycles. The van der Waals surface area contributed by atoms with Crippen LogP contribution < -0.4 is 5.84 Å². The fraction of sp³-hybridized carbons (Fsp3) is 0.500. The molecule has 0 bridgehead atoms. The second-order valence-corrected chi connectivity index (χ2v) is 2.24. The Bertz CT molecular complexity index is 118. The van der Waals surface area contributed by atoms with Gasteiger partial charge in [0.15, 0.2) is 0 Å². The van der Waals surface area contributed by atoms with Gasteiger partial charge in [-0.2, -0.15) is 0 Å². The topological polar surface area (TPSA) is 29.3 Å². The summed E-state index contributed by atoms with van der Waals surface area (Å²) in [4.78, 5) is 0. The molecule has 0 aliphatic heterocycles. The van der Waals surface area contributed by atoms with Gasteiger partial charge < -0.3 is 0 Å². The zero-order valence-corrected chi connectivity index (χ0v) is 6.64. The van der Waals surface area contributed by atoms with Crippen LogP contribution in [0.4, 0.5) is 0 Å². The maximum atomic E-state index is 5.53. The van der Waals surface area contributed by atoms with Gasteiger partial charge in [-0.05, 0) is 6.42 Å². The molecule has 0 fully saturated rings. The summed E-state index contributed by atoms with van der Waals surface area (Å²) >= 11 is 0. The van der Waals surface area contributed by atoms with Gasteiger partial charge in [0.2, 0.25) is 0 Å². The van der Waals surface area contributed by atoms with E-state index in [-0.39, 0.29) is 0 Å². The van der Waals surface area contributed by atoms with E-state index < -0.39 is 0 Å². The van der Waals surface area contributed by atoms with Crippen molar-refractivity contribution in [2.45, 2.75) is 13.3 Å². The van der Waals surface area contributed by atoms with Crippen molar-refractivity contribution < 1.29 is 0 Å². The molecular formula is C8H16N2. The third kappa shape index (κ3) is 4.30. The number of hydrogen-bond donors (Lipinski definition) is 1. The lowest BCUT2D eigenvalue weighted by molar-refractivity contribution is 0.304. The van der Waals surface area contributed by atoms with Crippen LogP contribution in [0.5, 0.6) is 0 Å². The van der Waals surface area contributed by atoms with Crippen LogP contribution in [0.2, 0.25) is 0 Å². The van der Waals surface area contributed by atoms with Gasteiger partial charge in [-0.1, -0.05) is 31.7 Å². The average molecular weight is 140 g/mol. The van der Waals surface area contributed by atoms with Crippen LogP contribution in [0, 0.1) is 0 Å². The van der Waals surface area contributed by atoms with E-state index in [1.165, 1.54) is 0 Å². The first-order valence-corrected chi connectivity index (χ1v) is 3.50. The molecule has 0 radical (unpaired) electrons. The summed E-state index contributed by atoms with van der Waals surface area (Å²) in [6.07, 6.45) is 2.68. The predicted octanol–water partition coefficient (Wildman–Crippen LogP) is 1.31. The first-order chi connectivity index (χ1) is 4.70. The number of hydrogen-bond acceptors (Lipinski definition) is 2. The number of nitrogens with two attached hydrogens (primary N) is 1. The van der Waals surface area contributed by atoms with Gasteiger partial charge in [-0.25, -0.2) is 5.01 Å². The highest BCUT2D eigenvalue weighted by atomic mass is 15.4. The summed E-state index contributed by atoms with van der Waals surface area (Å²) < 4.78 is 0. The summed E-state index contributed by atoms with van der Waals surface area (Å²) in [6.45, 7) is 11.2. The molecule has 0 aliphatic rings. The van der Waals surface area contributed by atoms with Crippen molar-refractivity contribution in [1.82, 2.24) is 5.01 Å². The smallest absolute Gasteiger partial charge is 0.0168 e. The summed E-state index contributed by atoms with van der Waals surface area (Å²) in [7, 11) is 0. The molecule has 0 heterocycles. The first-order valence-electron chi connectivity index (χ1n) is 3.50. The van der Waals surface area contributed by atoms with E-state index in [1.54, 1.807) is 11.1 Å². The highest BCUT2D eigenvalue weighted by Gasteiger charge is 1.93. The van der Waals surface area contributed by atoms with Gasteiger partial charge in [-0.15, -0.1) is 0 Å². The second kappa shape index (κ2) is 5.21. The minimum atomic E-state index is 0.862. The Morgan fingerprint density at radius 2 is 2.30 bits per heavy atom. The molecule has 0 rings (SSSR count). The zero-order chi connectivity index (χ0) is 7.98. The minimum absolute atomic E-state index is 0.862. The summed E-state index contributed by atoms with van der Waals surface area (Å²) in [6, 6.07) is 0. The van der Waals surface area contributed by atoms with Crippen LogP contribution in [-0.2, 0) is 0 Å². The Balaban J connectivity index is 3.34. The van der Waals surface area contributed by atoms with Crippen LogP contribution in [-0.4, -0.2) is 18.1 Å². The number of rotatable bonds is 5. The lowest BCUT2D eigenvalue weighted by Crippen LogP contribution is -2.31. The maximum Gasteiger partial charge on any atom is 0.0168 e. The maximum absolute atomic E-state index is 5.53. The lowest BCUT2D eigenvalue weighted by Gasteiger charge is -2.12.